The Kier molecular flexibility index (Phi) is 6.30. The first-order valence-electron chi connectivity index (χ1n) is 8.27. The number of carbonyl (C=O) groups is 1. The van der Waals surface area contributed by atoms with Crippen molar-refractivity contribution in [3.05, 3.63) is 21.4 Å². The predicted molar refractivity (Wildman–Crippen MR) is 95.4 cm³/mol. The topological polar surface area (TPSA) is 41.1 Å². The van der Waals surface area contributed by atoms with E-state index in [-0.39, 0.29) is 23.7 Å². The molecule has 3 rings (SSSR count). The van der Waals surface area contributed by atoms with Crippen molar-refractivity contribution in [1.29, 1.82) is 0 Å². The maximum Gasteiger partial charge on any atom is 0.261 e. The van der Waals surface area contributed by atoms with E-state index < -0.39 is 0 Å². The van der Waals surface area contributed by atoms with Crippen LogP contribution in [0, 0.1) is 5.41 Å². The van der Waals surface area contributed by atoms with Gasteiger partial charge < -0.3 is 10.6 Å². The van der Waals surface area contributed by atoms with E-state index in [9.17, 15) is 4.79 Å². The number of hydrogen-bond donors (Lipinski definition) is 2. The van der Waals surface area contributed by atoms with Crippen LogP contribution in [0.25, 0.3) is 0 Å². The Balaban J connectivity index is 0.00000176. The second kappa shape index (κ2) is 7.80. The molecule has 124 valence electrons. The quantitative estimate of drug-likeness (QED) is 0.825. The van der Waals surface area contributed by atoms with Gasteiger partial charge in [0.2, 0.25) is 0 Å². The third kappa shape index (κ3) is 4.24. The molecule has 1 amide bonds. The average Bonchev–Trinajstić information content (AvgIpc) is 2.77. The maximum atomic E-state index is 12.4. The van der Waals surface area contributed by atoms with Gasteiger partial charge in [0.15, 0.2) is 0 Å². The van der Waals surface area contributed by atoms with Crippen LogP contribution in [0.15, 0.2) is 6.07 Å². The SMILES string of the molecule is CC1(CNC(=O)c2cc3c(s2)CCCCC3)CCNCC1.Cl. The summed E-state index contributed by atoms with van der Waals surface area (Å²) in [5, 5.41) is 6.57. The van der Waals surface area contributed by atoms with E-state index in [1.807, 2.05) is 0 Å². The monoisotopic (exact) mass is 342 g/mol. The Morgan fingerprint density at radius 3 is 2.77 bits per heavy atom. The van der Waals surface area contributed by atoms with Gasteiger partial charge in [-0.3, -0.25) is 4.79 Å². The normalized spacial score (nSPS) is 20.4. The highest BCUT2D eigenvalue weighted by atomic mass is 35.5. The van der Waals surface area contributed by atoms with Gasteiger partial charge in [-0.25, -0.2) is 0 Å². The standard InChI is InChI=1S/C17H26N2OS.ClH/c1-17(7-9-18-10-8-17)12-19-16(20)15-11-13-5-3-2-4-6-14(13)21-15;/h11,18H,2-10,12H2,1H3,(H,19,20);1H. The summed E-state index contributed by atoms with van der Waals surface area (Å²) in [6.07, 6.45) is 8.49. The molecule has 1 aliphatic carbocycles. The lowest BCUT2D eigenvalue weighted by atomic mass is 9.81. The number of amides is 1. The number of hydrogen-bond acceptors (Lipinski definition) is 3. The molecule has 3 nitrogen and oxygen atoms in total. The van der Waals surface area contributed by atoms with Crippen molar-refractivity contribution in [3.8, 4) is 0 Å². The van der Waals surface area contributed by atoms with Gasteiger partial charge in [0, 0.05) is 11.4 Å². The van der Waals surface area contributed by atoms with Crippen molar-refractivity contribution in [3.63, 3.8) is 0 Å². The van der Waals surface area contributed by atoms with Gasteiger partial charge in [-0.1, -0.05) is 13.3 Å². The van der Waals surface area contributed by atoms with Crippen LogP contribution in [0.1, 0.15) is 59.1 Å². The zero-order chi connectivity index (χ0) is 14.7. The van der Waals surface area contributed by atoms with Crippen molar-refractivity contribution in [2.24, 2.45) is 5.41 Å². The minimum Gasteiger partial charge on any atom is -0.351 e. The Hall–Kier alpha value is -0.580. The van der Waals surface area contributed by atoms with Gasteiger partial charge in [-0.05, 0) is 68.7 Å². The maximum absolute atomic E-state index is 12.4. The smallest absolute Gasteiger partial charge is 0.261 e. The van der Waals surface area contributed by atoms with Crippen molar-refractivity contribution in [1.82, 2.24) is 10.6 Å². The molecule has 2 aliphatic rings. The third-order valence-corrected chi connectivity index (χ3v) is 6.19. The first-order valence-corrected chi connectivity index (χ1v) is 9.08. The molecule has 22 heavy (non-hydrogen) atoms. The molecule has 1 aliphatic heterocycles. The van der Waals surface area contributed by atoms with E-state index in [0.29, 0.717) is 0 Å². The van der Waals surface area contributed by atoms with E-state index >= 15 is 0 Å². The molecule has 0 saturated carbocycles. The highest BCUT2D eigenvalue weighted by molar-refractivity contribution is 7.14. The molecular weight excluding hydrogens is 316 g/mol. The Morgan fingerprint density at radius 2 is 2.00 bits per heavy atom. The van der Waals surface area contributed by atoms with Crippen LogP contribution in [0.2, 0.25) is 0 Å². The first kappa shape index (κ1) is 17.8. The second-order valence-corrected chi connectivity index (χ2v) is 8.00. The second-order valence-electron chi connectivity index (χ2n) is 6.86. The molecule has 5 heteroatoms. The largest absolute Gasteiger partial charge is 0.351 e. The number of fused-ring (bicyclic) bond motifs is 1. The lowest BCUT2D eigenvalue weighted by molar-refractivity contribution is 0.0926. The summed E-state index contributed by atoms with van der Waals surface area (Å²) in [5.41, 5.74) is 1.69. The summed E-state index contributed by atoms with van der Waals surface area (Å²) in [7, 11) is 0. The number of aryl methyl sites for hydroxylation is 2. The summed E-state index contributed by atoms with van der Waals surface area (Å²) in [5.74, 6) is 0.132. The molecule has 0 unspecified atom stereocenters. The van der Waals surface area contributed by atoms with E-state index in [1.54, 1.807) is 11.3 Å². The number of thiophene rings is 1. The minimum atomic E-state index is 0. The highest BCUT2D eigenvalue weighted by Crippen LogP contribution is 2.30. The Labute approximate surface area is 143 Å². The number of nitrogens with one attached hydrogen (secondary N) is 2. The molecule has 1 aromatic heterocycles. The van der Waals surface area contributed by atoms with E-state index in [1.165, 1.54) is 29.7 Å². The molecule has 0 radical (unpaired) electrons. The lowest BCUT2D eigenvalue weighted by Gasteiger charge is -2.34. The van der Waals surface area contributed by atoms with E-state index in [4.69, 9.17) is 0 Å². The minimum absolute atomic E-state index is 0. The molecule has 1 saturated heterocycles. The van der Waals surface area contributed by atoms with Crippen LogP contribution in [-0.2, 0) is 12.8 Å². The van der Waals surface area contributed by atoms with Crippen LogP contribution < -0.4 is 10.6 Å². The summed E-state index contributed by atoms with van der Waals surface area (Å²) < 4.78 is 0. The molecule has 2 heterocycles. The third-order valence-electron chi connectivity index (χ3n) is 4.96. The van der Waals surface area contributed by atoms with Crippen LogP contribution >= 0.6 is 23.7 Å². The Bertz CT molecular complexity index is 485. The zero-order valence-electron chi connectivity index (χ0n) is 13.4. The number of piperidine rings is 1. The molecule has 0 aromatic carbocycles. The van der Waals surface area contributed by atoms with Crippen LogP contribution in [0.3, 0.4) is 0 Å². The van der Waals surface area contributed by atoms with Gasteiger partial charge >= 0.3 is 0 Å². The number of rotatable bonds is 3. The van der Waals surface area contributed by atoms with Gasteiger partial charge in [0.25, 0.3) is 5.91 Å². The fourth-order valence-electron chi connectivity index (χ4n) is 3.37. The van der Waals surface area contributed by atoms with Crippen molar-refractivity contribution < 1.29 is 4.79 Å². The summed E-state index contributed by atoms with van der Waals surface area (Å²) in [6.45, 7) is 5.23. The molecule has 0 atom stereocenters. The summed E-state index contributed by atoms with van der Waals surface area (Å²) in [4.78, 5) is 14.8. The van der Waals surface area contributed by atoms with Gasteiger partial charge in [-0.15, -0.1) is 23.7 Å². The average molecular weight is 343 g/mol. The van der Waals surface area contributed by atoms with Crippen molar-refractivity contribution in [2.75, 3.05) is 19.6 Å². The summed E-state index contributed by atoms with van der Waals surface area (Å²) in [6, 6.07) is 2.14. The van der Waals surface area contributed by atoms with Crippen LogP contribution in [0.4, 0.5) is 0 Å². The number of carbonyl (C=O) groups excluding carboxylic acids is 1. The van der Waals surface area contributed by atoms with Gasteiger partial charge in [-0.2, -0.15) is 0 Å². The van der Waals surface area contributed by atoms with E-state index in [0.717, 1.165) is 50.2 Å². The molecule has 1 aromatic rings. The fourth-order valence-corrected chi connectivity index (χ4v) is 4.54. The molecule has 0 bridgehead atoms. The fraction of sp³-hybridized carbons (Fsp3) is 0.706. The van der Waals surface area contributed by atoms with Gasteiger partial charge in [0.05, 0.1) is 4.88 Å². The predicted octanol–water partition coefficient (Wildman–Crippen LogP) is 3.56. The molecule has 0 spiro atoms. The van der Waals surface area contributed by atoms with Gasteiger partial charge in [0.1, 0.15) is 0 Å². The number of halogens is 1. The van der Waals surface area contributed by atoms with Crippen LogP contribution in [-0.4, -0.2) is 25.5 Å². The Morgan fingerprint density at radius 1 is 1.27 bits per heavy atom. The zero-order valence-corrected chi connectivity index (χ0v) is 15.0. The molecular formula is C17H27ClN2OS. The molecule has 2 N–H and O–H groups in total. The highest BCUT2D eigenvalue weighted by Gasteiger charge is 2.27. The van der Waals surface area contributed by atoms with Crippen molar-refractivity contribution in [2.45, 2.75) is 51.9 Å². The molecule has 1 fully saturated rings. The van der Waals surface area contributed by atoms with Crippen molar-refractivity contribution >= 4 is 29.7 Å². The van der Waals surface area contributed by atoms with Crippen LogP contribution in [0.5, 0.6) is 0 Å². The first-order chi connectivity index (χ1) is 10.2. The lowest BCUT2D eigenvalue weighted by Crippen LogP contribution is -2.42. The van der Waals surface area contributed by atoms with E-state index in [2.05, 4.69) is 23.6 Å². The summed E-state index contributed by atoms with van der Waals surface area (Å²) >= 11 is 1.72.